The number of benzene rings is 2. The highest BCUT2D eigenvalue weighted by Crippen LogP contribution is 2.33. The van der Waals surface area contributed by atoms with Crippen LogP contribution in [0.4, 0.5) is 5.82 Å². The molecule has 0 radical (unpaired) electrons. The molecule has 1 aliphatic carbocycles. The van der Waals surface area contributed by atoms with Gasteiger partial charge in [-0.1, -0.05) is 49.7 Å². The van der Waals surface area contributed by atoms with Crippen molar-refractivity contribution in [1.29, 1.82) is 0 Å². The van der Waals surface area contributed by atoms with Crippen molar-refractivity contribution in [2.45, 2.75) is 32.6 Å². The van der Waals surface area contributed by atoms with Crippen LogP contribution in [0.3, 0.4) is 0 Å². The molecule has 2 aromatic carbocycles. The zero-order valence-electron chi connectivity index (χ0n) is 17.0. The molecule has 30 heavy (non-hydrogen) atoms. The Morgan fingerprint density at radius 1 is 1.13 bits per heavy atom. The topological polar surface area (TPSA) is 70.7 Å². The van der Waals surface area contributed by atoms with Crippen LogP contribution in [-0.4, -0.2) is 21.1 Å². The lowest BCUT2D eigenvalue weighted by atomic mass is 10.0. The van der Waals surface area contributed by atoms with E-state index < -0.39 is 0 Å². The van der Waals surface area contributed by atoms with Gasteiger partial charge in [-0.2, -0.15) is 5.10 Å². The van der Waals surface area contributed by atoms with Crippen LogP contribution in [0.5, 0.6) is 0 Å². The number of nitrogens with one attached hydrogen (secondary N) is 2. The summed E-state index contributed by atoms with van der Waals surface area (Å²) < 4.78 is 0. The number of anilines is 1. The predicted molar refractivity (Wildman–Crippen MR) is 119 cm³/mol. The molecule has 4 aromatic rings. The van der Waals surface area contributed by atoms with Gasteiger partial charge in [-0.05, 0) is 53.3 Å². The molecule has 0 spiro atoms. The van der Waals surface area contributed by atoms with E-state index in [4.69, 9.17) is 0 Å². The number of nitrogens with zero attached hydrogens (tertiary/aromatic N) is 2. The van der Waals surface area contributed by atoms with Crippen molar-refractivity contribution in [2.24, 2.45) is 5.92 Å². The maximum absolute atomic E-state index is 12.9. The molecule has 1 atom stereocenters. The van der Waals surface area contributed by atoms with E-state index in [0.717, 1.165) is 42.6 Å². The first-order chi connectivity index (χ1) is 14.7. The molecule has 0 bridgehead atoms. The van der Waals surface area contributed by atoms with Gasteiger partial charge in [0.15, 0.2) is 5.82 Å². The molecule has 2 N–H and O–H groups in total. The van der Waals surface area contributed by atoms with Crippen LogP contribution >= 0.6 is 0 Å². The fourth-order valence-electron chi connectivity index (χ4n) is 4.38. The molecule has 5 rings (SSSR count). The normalized spacial score (nSPS) is 15.3. The van der Waals surface area contributed by atoms with Crippen molar-refractivity contribution < 1.29 is 4.79 Å². The fourth-order valence-corrected chi connectivity index (χ4v) is 4.38. The summed E-state index contributed by atoms with van der Waals surface area (Å²) in [6, 6.07) is 18.6. The number of fused-ring (bicyclic) bond motifs is 3. The van der Waals surface area contributed by atoms with Gasteiger partial charge >= 0.3 is 0 Å². The summed E-state index contributed by atoms with van der Waals surface area (Å²) >= 11 is 0. The second-order valence-electron chi connectivity index (χ2n) is 7.97. The van der Waals surface area contributed by atoms with Crippen LogP contribution in [0.1, 0.15) is 30.2 Å². The van der Waals surface area contributed by atoms with E-state index in [1.807, 2.05) is 18.3 Å². The van der Waals surface area contributed by atoms with Gasteiger partial charge < -0.3 is 5.32 Å². The smallest absolute Gasteiger partial charge is 0.229 e. The lowest BCUT2D eigenvalue weighted by Crippen LogP contribution is -2.23. The number of rotatable bonds is 5. The summed E-state index contributed by atoms with van der Waals surface area (Å²) in [5, 5.41) is 12.8. The van der Waals surface area contributed by atoms with Gasteiger partial charge in [0, 0.05) is 29.4 Å². The first kappa shape index (κ1) is 18.6. The molecular formula is C25H24N4O. The maximum atomic E-state index is 12.9. The summed E-state index contributed by atoms with van der Waals surface area (Å²) in [7, 11) is 0. The average molecular weight is 396 g/mol. The molecule has 2 aromatic heterocycles. The SMILES string of the molecule is CCCc1cc(-c2cc(NC(=O)C3Cc4ccc5ccccc5c4C3)n[nH]2)ccn1. The Balaban J connectivity index is 1.31. The van der Waals surface area contributed by atoms with Gasteiger partial charge in [0.05, 0.1) is 5.69 Å². The summed E-state index contributed by atoms with van der Waals surface area (Å²) in [4.78, 5) is 17.3. The molecule has 5 heteroatoms. The number of aryl methyl sites for hydroxylation is 1. The molecule has 1 unspecified atom stereocenters. The number of carbonyl (C=O) groups excluding carboxylic acids is 1. The van der Waals surface area contributed by atoms with E-state index in [2.05, 4.69) is 69.9 Å². The highest BCUT2D eigenvalue weighted by Gasteiger charge is 2.29. The van der Waals surface area contributed by atoms with Gasteiger partial charge in [0.1, 0.15) is 0 Å². The van der Waals surface area contributed by atoms with Gasteiger partial charge in [0.2, 0.25) is 5.91 Å². The Morgan fingerprint density at radius 2 is 2.03 bits per heavy atom. The van der Waals surface area contributed by atoms with E-state index in [9.17, 15) is 4.79 Å². The van der Waals surface area contributed by atoms with Crippen LogP contribution in [0.15, 0.2) is 60.8 Å². The van der Waals surface area contributed by atoms with Gasteiger partial charge in [0.25, 0.3) is 0 Å². The molecule has 1 amide bonds. The lowest BCUT2D eigenvalue weighted by Gasteiger charge is -2.08. The van der Waals surface area contributed by atoms with Crippen LogP contribution < -0.4 is 5.32 Å². The zero-order chi connectivity index (χ0) is 20.5. The number of hydrogen-bond donors (Lipinski definition) is 2. The van der Waals surface area contributed by atoms with Crippen LogP contribution in [-0.2, 0) is 24.1 Å². The molecular weight excluding hydrogens is 372 g/mol. The summed E-state index contributed by atoms with van der Waals surface area (Å²) in [5.41, 5.74) is 5.55. The van der Waals surface area contributed by atoms with Gasteiger partial charge in [-0.25, -0.2) is 0 Å². The van der Waals surface area contributed by atoms with E-state index >= 15 is 0 Å². The molecule has 0 saturated carbocycles. The largest absolute Gasteiger partial charge is 0.309 e. The number of aromatic amines is 1. The minimum absolute atomic E-state index is 0.0229. The van der Waals surface area contributed by atoms with Crippen molar-refractivity contribution in [3.05, 3.63) is 77.6 Å². The van der Waals surface area contributed by atoms with Crippen LogP contribution in [0, 0.1) is 5.92 Å². The fraction of sp³-hybridized carbons (Fsp3) is 0.240. The number of aromatic nitrogens is 3. The third-order valence-corrected chi connectivity index (χ3v) is 5.89. The molecule has 0 saturated heterocycles. The Labute approximate surface area is 175 Å². The molecule has 5 nitrogen and oxygen atoms in total. The Kier molecular flexibility index (Phi) is 4.79. The highest BCUT2D eigenvalue weighted by molar-refractivity contribution is 5.95. The highest BCUT2D eigenvalue weighted by atomic mass is 16.2. The van der Waals surface area contributed by atoms with Gasteiger partial charge in [-0.3, -0.25) is 14.9 Å². The van der Waals surface area contributed by atoms with Crippen LogP contribution in [0.2, 0.25) is 0 Å². The standard InChI is InChI=1S/C25H24N4O/c1-2-5-20-13-18(10-11-26-20)23-15-24(29-28-23)27-25(30)19-12-17-9-8-16-6-3-4-7-21(16)22(17)14-19/h3-4,6-11,13,15,19H,2,5,12,14H2,1H3,(H2,27,28,29,30). The number of H-pyrrole nitrogens is 1. The second kappa shape index (κ2) is 7.75. The minimum Gasteiger partial charge on any atom is -0.309 e. The third-order valence-electron chi connectivity index (χ3n) is 5.89. The first-order valence-corrected chi connectivity index (χ1v) is 10.5. The van der Waals surface area contributed by atoms with Crippen molar-refractivity contribution in [2.75, 3.05) is 5.32 Å². The molecule has 150 valence electrons. The van der Waals surface area contributed by atoms with Crippen molar-refractivity contribution >= 4 is 22.5 Å². The quantitative estimate of drug-likeness (QED) is 0.502. The predicted octanol–water partition coefficient (Wildman–Crippen LogP) is 4.93. The van der Waals surface area contributed by atoms with E-state index in [0.29, 0.717) is 5.82 Å². The van der Waals surface area contributed by atoms with Crippen LogP contribution in [0.25, 0.3) is 22.0 Å². The summed E-state index contributed by atoms with van der Waals surface area (Å²) in [6.07, 6.45) is 5.36. The third kappa shape index (κ3) is 3.47. The summed E-state index contributed by atoms with van der Waals surface area (Å²) in [5.74, 6) is 0.516. The Morgan fingerprint density at radius 3 is 2.93 bits per heavy atom. The molecule has 0 fully saturated rings. The first-order valence-electron chi connectivity index (χ1n) is 10.5. The van der Waals surface area contributed by atoms with Crippen molar-refractivity contribution in [3.8, 4) is 11.3 Å². The number of carbonyl (C=O) groups is 1. The number of amides is 1. The number of pyridine rings is 1. The number of hydrogen-bond acceptors (Lipinski definition) is 3. The Bertz CT molecular complexity index is 1230. The van der Waals surface area contributed by atoms with Crippen molar-refractivity contribution in [3.63, 3.8) is 0 Å². The van der Waals surface area contributed by atoms with Gasteiger partial charge in [-0.15, -0.1) is 0 Å². The zero-order valence-corrected chi connectivity index (χ0v) is 17.0. The maximum Gasteiger partial charge on any atom is 0.229 e. The van der Waals surface area contributed by atoms with Crippen molar-refractivity contribution in [1.82, 2.24) is 15.2 Å². The molecule has 0 aliphatic heterocycles. The minimum atomic E-state index is -0.0666. The van der Waals surface area contributed by atoms with E-state index in [-0.39, 0.29) is 11.8 Å². The second-order valence-corrected chi connectivity index (χ2v) is 7.97. The average Bonchev–Trinajstić information content (AvgIpc) is 3.41. The lowest BCUT2D eigenvalue weighted by molar-refractivity contribution is -0.119. The van der Waals surface area contributed by atoms with E-state index in [1.54, 1.807) is 0 Å². The molecule has 1 aliphatic rings. The Hall–Kier alpha value is -3.47. The van der Waals surface area contributed by atoms with E-state index in [1.165, 1.54) is 21.9 Å². The molecule has 2 heterocycles. The monoisotopic (exact) mass is 396 g/mol. The summed E-state index contributed by atoms with van der Waals surface area (Å²) in [6.45, 7) is 2.14.